The van der Waals surface area contributed by atoms with Crippen molar-refractivity contribution in [2.75, 3.05) is 36.0 Å². The summed E-state index contributed by atoms with van der Waals surface area (Å²) >= 11 is 0. The van der Waals surface area contributed by atoms with Gasteiger partial charge in [-0.25, -0.2) is 9.97 Å². The second-order valence-corrected chi connectivity index (χ2v) is 6.49. The fraction of sp³-hybridized carbons (Fsp3) is 0.353. The van der Waals surface area contributed by atoms with Crippen LogP contribution in [0, 0.1) is 26.1 Å². The molecule has 0 spiro atoms. The standard InChI is InChI=1S/C17H19N7O6/c1-30-17(25)11-6-8-22(9-7-11)16-14(24(28)29)15(18-10-19-16)21-20-12-2-4-13(5-3-12)23(26)27/h2-5,10-11,20H,6-9H2,1H3,(H,18,19,21). The Bertz CT molecular complexity index is 944. The van der Waals surface area contributed by atoms with Gasteiger partial charge in [-0.3, -0.25) is 35.9 Å². The molecule has 2 N–H and O–H groups in total. The maximum Gasteiger partial charge on any atom is 0.355 e. The number of hydrazine groups is 1. The van der Waals surface area contributed by atoms with Crippen LogP contribution in [0.5, 0.6) is 0 Å². The van der Waals surface area contributed by atoms with Crippen molar-refractivity contribution in [3.8, 4) is 0 Å². The summed E-state index contributed by atoms with van der Waals surface area (Å²) in [6, 6.07) is 5.51. The van der Waals surface area contributed by atoms with Gasteiger partial charge >= 0.3 is 11.7 Å². The van der Waals surface area contributed by atoms with E-state index in [9.17, 15) is 25.0 Å². The topological polar surface area (TPSA) is 166 Å². The first-order chi connectivity index (χ1) is 14.4. The third-order valence-electron chi connectivity index (χ3n) is 4.72. The number of hydrogen-bond acceptors (Lipinski definition) is 11. The first kappa shape index (κ1) is 20.7. The molecule has 1 saturated heterocycles. The SMILES string of the molecule is COC(=O)C1CCN(c2ncnc(NNc3ccc([N+](=O)[O-])cc3)c2[N+](=O)[O-])CC1. The molecule has 1 aromatic heterocycles. The molecule has 0 saturated carbocycles. The number of nitro groups is 2. The molecule has 30 heavy (non-hydrogen) atoms. The lowest BCUT2D eigenvalue weighted by Crippen LogP contribution is -2.37. The lowest BCUT2D eigenvalue weighted by molar-refractivity contribution is -0.384. The monoisotopic (exact) mass is 417 g/mol. The Labute approximate surface area is 170 Å². The molecule has 2 heterocycles. The smallest absolute Gasteiger partial charge is 0.355 e. The van der Waals surface area contributed by atoms with E-state index in [1.54, 1.807) is 4.90 Å². The van der Waals surface area contributed by atoms with E-state index in [2.05, 4.69) is 20.8 Å². The predicted molar refractivity (Wildman–Crippen MR) is 106 cm³/mol. The highest BCUT2D eigenvalue weighted by atomic mass is 16.6. The molecule has 158 valence electrons. The summed E-state index contributed by atoms with van der Waals surface area (Å²) in [4.78, 5) is 42.8. The van der Waals surface area contributed by atoms with Crippen LogP contribution in [0.4, 0.5) is 28.7 Å². The second kappa shape index (κ2) is 8.98. The molecule has 1 aliphatic heterocycles. The van der Waals surface area contributed by atoms with Gasteiger partial charge in [-0.1, -0.05) is 0 Å². The zero-order valence-electron chi connectivity index (χ0n) is 16.0. The molecule has 1 fully saturated rings. The number of nitro benzene ring substituents is 1. The Morgan fingerprint density at radius 2 is 1.77 bits per heavy atom. The number of rotatable bonds is 7. The Morgan fingerprint density at radius 1 is 1.10 bits per heavy atom. The molecule has 1 aliphatic rings. The van der Waals surface area contributed by atoms with Gasteiger partial charge in [-0.05, 0) is 25.0 Å². The number of nitrogens with one attached hydrogen (secondary N) is 2. The van der Waals surface area contributed by atoms with Crippen LogP contribution in [0.3, 0.4) is 0 Å². The summed E-state index contributed by atoms with van der Waals surface area (Å²) in [5.41, 5.74) is 5.46. The molecule has 13 nitrogen and oxygen atoms in total. The third-order valence-corrected chi connectivity index (χ3v) is 4.72. The van der Waals surface area contributed by atoms with E-state index in [1.807, 2.05) is 0 Å². The van der Waals surface area contributed by atoms with Crippen LogP contribution in [0.25, 0.3) is 0 Å². The van der Waals surface area contributed by atoms with E-state index in [0.717, 1.165) is 0 Å². The average molecular weight is 417 g/mol. The van der Waals surface area contributed by atoms with E-state index >= 15 is 0 Å². The van der Waals surface area contributed by atoms with Crippen molar-refractivity contribution in [1.82, 2.24) is 9.97 Å². The van der Waals surface area contributed by atoms with Gasteiger partial charge in [0.2, 0.25) is 11.6 Å². The Hall–Kier alpha value is -4.03. The van der Waals surface area contributed by atoms with Crippen molar-refractivity contribution in [3.05, 3.63) is 50.8 Å². The number of benzene rings is 1. The highest BCUT2D eigenvalue weighted by molar-refractivity contribution is 5.74. The Morgan fingerprint density at radius 3 is 2.33 bits per heavy atom. The van der Waals surface area contributed by atoms with Crippen LogP contribution >= 0.6 is 0 Å². The normalized spacial score (nSPS) is 14.1. The minimum Gasteiger partial charge on any atom is -0.469 e. The van der Waals surface area contributed by atoms with E-state index in [-0.39, 0.29) is 34.9 Å². The largest absolute Gasteiger partial charge is 0.469 e. The van der Waals surface area contributed by atoms with E-state index < -0.39 is 9.85 Å². The van der Waals surface area contributed by atoms with Crippen LogP contribution in [0.15, 0.2) is 30.6 Å². The molecule has 0 amide bonds. The molecule has 0 aliphatic carbocycles. The summed E-state index contributed by atoms with van der Waals surface area (Å²) in [6.45, 7) is 0.819. The van der Waals surface area contributed by atoms with Crippen molar-refractivity contribution in [2.24, 2.45) is 5.92 Å². The number of nitrogens with zero attached hydrogens (tertiary/aromatic N) is 5. The summed E-state index contributed by atoms with van der Waals surface area (Å²) in [7, 11) is 1.33. The van der Waals surface area contributed by atoms with E-state index in [1.165, 1.54) is 37.7 Å². The number of methoxy groups -OCH3 is 1. The summed E-state index contributed by atoms with van der Waals surface area (Å²) in [5, 5.41) is 22.4. The fourth-order valence-electron chi connectivity index (χ4n) is 3.15. The lowest BCUT2D eigenvalue weighted by Gasteiger charge is -2.31. The molecule has 2 aromatic rings. The van der Waals surface area contributed by atoms with Crippen molar-refractivity contribution in [1.29, 1.82) is 0 Å². The highest BCUT2D eigenvalue weighted by Crippen LogP contribution is 2.34. The maximum absolute atomic E-state index is 11.7. The van der Waals surface area contributed by atoms with Crippen molar-refractivity contribution < 1.29 is 19.4 Å². The molecule has 13 heteroatoms. The molecule has 0 bridgehead atoms. The summed E-state index contributed by atoms with van der Waals surface area (Å²) in [5.74, 6) is -0.445. The zero-order chi connectivity index (χ0) is 21.7. The third kappa shape index (κ3) is 4.51. The van der Waals surface area contributed by atoms with Crippen LogP contribution < -0.4 is 15.8 Å². The van der Waals surface area contributed by atoms with E-state index in [4.69, 9.17) is 4.74 Å². The number of hydrogen-bond donors (Lipinski definition) is 2. The maximum atomic E-state index is 11.7. The number of aromatic nitrogens is 2. The van der Waals surface area contributed by atoms with Crippen LogP contribution in [-0.2, 0) is 9.53 Å². The highest BCUT2D eigenvalue weighted by Gasteiger charge is 2.32. The molecule has 0 unspecified atom stereocenters. The van der Waals surface area contributed by atoms with Crippen molar-refractivity contribution >= 4 is 34.7 Å². The van der Waals surface area contributed by atoms with Gasteiger partial charge in [-0.2, -0.15) is 0 Å². The number of carbonyl (C=O) groups excluding carboxylic acids is 1. The number of non-ortho nitro benzene ring substituents is 1. The van der Waals surface area contributed by atoms with Gasteiger partial charge in [0, 0.05) is 25.2 Å². The van der Waals surface area contributed by atoms with E-state index in [0.29, 0.717) is 31.6 Å². The molecule has 0 radical (unpaired) electrons. The summed E-state index contributed by atoms with van der Waals surface area (Å²) < 4.78 is 4.76. The number of anilines is 3. The van der Waals surface area contributed by atoms with Gasteiger partial charge in [-0.15, -0.1) is 0 Å². The molecule has 0 atom stereocenters. The quantitative estimate of drug-likeness (QED) is 0.385. The average Bonchev–Trinajstić information content (AvgIpc) is 2.77. The number of ether oxygens (including phenoxy) is 1. The number of esters is 1. The van der Waals surface area contributed by atoms with Gasteiger partial charge in [0.15, 0.2) is 0 Å². The minimum absolute atomic E-state index is 0.0570. The van der Waals surface area contributed by atoms with Gasteiger partial charge < -0.3 is 9.64 Å². The Kier molecular flexibility index (Phi) is 6.20. The Balaban J connectivity index is 1.75. The van der Waals surface area contributed by atoms with Crippen molar-refractivity contribution in [3.63, 3.8) is 0 Å². The molecular weight excluding hydrogens is 398 g/mol. The molecule has 3 rings (SSSR count). The second-order valence-electron chi connectivity index (χ2n) is 6.49. The van der Waals surface area contributed by atoms with Crippen LogP contribution in [0.2, 0.25) is 0 Å². The number of piperidine rings is 1. The van der Waals surface area contributed by atoms with Crippen LogP contribution in [0.1, 0.15) is 12.8 Å². The summed E-state index contributed by atoms with van der Waals surface area (Å²) in [6.07, 6.45) is 2.20. The molecular formula is C17H19N7O6. The van der Waals surface area contributed by atoms with Gasteiger partial charge in [0.05, 0.1) is 28.6 Å². The molecule has 1 aromatic carbocycles. The van der Waals surface area contributed by atoms with Gasteiger partial charge in [0.1, 0.15) is 6.33 Å². The number of carbonyl (C=O) groups is 1. The lowest BCUT2D eigenvalue weighted by atomic mass is 9.97. The van der Waals surface area contributed by atoms with Crippen LogP contribution in [-0.4, -0.2) is 46.0 Å². The predicted octanol–water partition coefficient (Wildman–Crippen LogP) is 2.12. The zero-order valence-corrected chi connectivity index (χ0v) is 16.0. The first-order valence-corrected chi connectivity index (χ1v) is 8.99. The van der Waals surface area contributed by atoms with Crippen molar-refractivity contribution in [2.45, 2.75) is 12.8 Å². The first-order valence-electron chi connectivity index (χ1n) is 8.99. The minimum atomic E-state index is -0.582. The van der Waals surface area contributed by atoms with Gasteiger partial charge in [0.25, 0.3) is 5.69 Å². The fourth-order valence-corrected chi connectivity index (χ4v) is 3.15.